The molecule has 168 valence electrons. The van der Waals surface area contributed by atoms with Crippen LogP contribution in [-0.2, 0) is 10.0 Å². The van der Waals surface area contributed by atoms with Crippen LogP contribution in [0.25, 0.3) is 0 Å². The van der Waals surface area contributed by atoms with Crippen LogP contribution in [0.3, 0.4) is 0 Å². The second-order valence-corrected chi connectivity index (χ2v) is 9.21. The van der Waals surface area contributed by atoms with Crippen LogP contribution >= 0.6 is 11.6 Å². The summed E-state index contributed by atoms with van der Waals surface area (Å²) < 4.78 is 40.5. The Morgan fingerprint density at radius 3 is 2.41 bits per heavy atom. The standard InChI is InChI=1S/C23H23ClFN3O3S/c1-28(19-6-3-2-4-7-19)15-5-14-26-23(29)17-8-13-21(24)22(16-17)27-32(30,31)20-11-9-18(25)10-12-20/h2-4,6-13,16,27H,5,14-15H2,1H3,(H,26,29). The molecule has 0 radical (unpaired) electrons. The normalized spacial score (nSPS) is 11.1. The van der Waals surface area contributed by atoms with E-state index in [1.807, 2.05) is 37.4 Å². The van der Waals surface area contributed by atoms with Gasteiger partial charge >= 0.3 is 0 Å². The molecule has 0 aromatic heterocycles. The Balaban J connectivity index is 1.59. The summed E-state index contributed by atoms with van der Waals surface area (Å²) in [5.74, 6) is -0.887. The van der Waals surface area contributed by atoms with Gasteiger partial charge in [0.1, 0.15) is 5.82 Å². The molecule has 0 saturated carbocycles. The average molecular weight is 476 g/mol. The number of hydrogen-bond acceptors (Lipinski definition) is 4. The maximum Gasteiger partial charge on any atom is 0.261 e. The lowest BCUT2D eigenvalue weighted by Crippen LogP contribution is -2.28. The third kappa shape index (κ3) is 6.21. The van der Waals surface area contributed by atoms with E-state index < -0.39 is 15.8 Å². The lowest BCUT2D eigenvalue weighted by molar-refractivity contribution is 0.0953. The molecule has 32 heavy (non-hydrogen) atoms. The predicted octanol–water partition coefficient (Wildman–Crippen LogP) is 4.54. The molecule has 0 aliphatic carbocycles. The molecule has 0 bridgehead atoms. The molecule has 9 heteroatoms. The number of sulfonamides is 1. The number of benzene rings is 3. The van der Waals surface area contributed by atoms with Gasteiger partial charge < -0.3 is 10.2 Å². The molecule has 0 fully saturated rings. The minimum atomic E-state index is -3.99. The Morgan fingerprint density at radius 2 is 1.72 bits per heavy atom. The number of carbonyl (C=O) groups excluding carboxylic acids is 1. The van der Waals surface area contributed by atoms with Crippen LogP contribution in [0.15, 0.2) is 77.7 Å². The molecule has 0 aliphatic heterocycles. The lowest BCUT2D eigenvalue weighted by Gasteiger charge is -2.19. The van der Waals surface area contributed by atoms with E-state index in [2.05, 4.69) is 14.9 Å². The van der Waals surface area contributed by atoms with E-state index in [0.29, 0.717) is 6.54 Å². The highest BCUT2D eigenvalue weighted by atomic mass is 35.5. The van der Waals surface area contributed by atoms with Crippen molar-refractivity contribution in [1.82, 2.24) is 5.32 Å². The van der Waals surface area contributed by atoms with Gasteiger partial charge in [0, 0.05) is 31.4 Å². The number of hydrogen-bond donors (Lipinski definition) is 2. The molecule has 0 aliphatic rings. The van der Waals surface area contributed by atoms with E-state index in [-0.39, 0.29) is 27.1 Å². The Labute approximate surface area is 192 Å². The third-order valence-corrected chi connectivity index (χ3v) is 6.46. The van der Waals surface area contributed by atoms with Crippen LogP contribution in [0, 0.1) is 5.82 Å². The zero-order valence-electron chi connectivity index (χ0n) is 17.4. The van der Waals surface area contributed by atoms with Gasteiger partial charge in [-0.1, -0.05) is 29.8 Å². The van der Waals surface area contributed by atoms with Crippen molar-refractivity contribution in [2.24, 2.45) is 0 Å². The first-order chi connectivity index (χ1) is 15.3. The van der Waals surface area contributed by atoms with Crippen molar-refractivity contribution in [1.29, 1.82) is 0 Å². The summed E-state index contributed by atoms with van der Waals surface area (Å²) in [7, 11) is -2.01. The van der Waals surface area contributed by atoms with Crippen molar-refractivity contribution in [3.63, 3.8) is 0 Å². The molecular formula is C23H23ClFN3O3S. The molecule has 0 spiro atoms. The van der Waals surface area contributed by atoms with Gasteiger partial charge in [0.2, 0.25) is 0 Å². The summed E-state index contributed by atoms with van der Waals surface area (Å²) in [6.45, 7) is 1.21. The molecule has 1 amide bonds. The highest BCUT2D eigenvalue weighted by Crippen LogP contribution is 2.26. The number of rotatable bonds is 9. The number of anilines is 2. The zero-order chi connectivity index (χ0) is 23.1. The monoisotopic (exact) mass is 475 g/mol. The Bertz CT molecular complexity index is 1170. The summed E-state index contributed by atoms with van der Waals surface area (Å²) in [5.41, 5.74) is 1.42. The largest absolute Gasteiger partial charge is 0.375 e. The SMILES string of the molecule is CN(CCCNC(=O)c1ccc(Cl)c(NS(=O)(=O)c2ccc(F)cc2)c1)c1ccccc1. The summed E-state index contributed by atoms with van der Waals surface area (Å²) in [5, 5.41) is 2.96. The number of para-hydroxylation sites is 1. The van der Waals surface area contributed by atoms with Crippen molar-refractivity contribution in [2.75, 3.05) is 29.8 Å². The van der Waals surface area contributed by atoms with Crippen molar-refractivity contribution < 1.29 is 17.6 Å². The molecule has 2 N–H and O–H groups in total. The molecular weight excluding hydrogens is 453 g/mol. The summed E-state index contributed by atoms with van der Waals surface area (Å²) in [6.07, 6.45) is 0.731. The first-order valence-electron chi connectivity index (χ1n) is 9.88. The fourth-order valence-corrected chi connectivity index (χ4v) is 4.29. The highest BCUT2D eigenvalue weighted by molar-refractivity contribution is 7.92. The third-order valence-electron chi connectivity index (χ3n) is 4.75. The van der Waals surface area contributed by atoms with Crippen molar-refractivity contribution in [2.45, 2.75) is 11.3 Å². The summed E-state index contributed by atoms with van der Waals surface area (Å²) in [6, 6.07) is 18.7. The lowest BCUT2D eigenvalue weighted by atomic mass is 10.2. The molecule has 0 saturated heterocycles. The van der Waals surface area contributed by atoms with Crippen LogP contribution in [0.1, 0.15) is 16.8 Å². The van der Waals surface area contributed by atoms with Crippen LogP contribution in [0.2, 0.25) is 5.02 Å². The highest BCUT2D eigenvalue weighted by Gasteiger charge is 2.17. The minimum Gasteiger partial charge on any atom is -0.375 e. The fraction of sp³-hybridized carbons (Fsp3) is 0.174. The first kappa shape index (κ1) is 23.6. The topological polar surface area (TPSA) is 78.5 Å². The van der Waals surface area contributed by atoms with E-state index in [0.717, 1.165) is 42.9 Å². The van der Waals surface area contributed by atoms with Crippen LogP contribution < -0.4 is 14.9 Å². The summed E-state index contributed by atoms with van der Waals surface area (Å²) >= 11 is 6.12. The number of halogens is 2. The number of carbonyl (C=O) groups is 1. The van der Waals surface area contributed by atoms with E-state index >= 15 is 0 Å². The van der Waals surface area contributed by atoms with E-state index in [1.165, 1.54) is 18.2 Å². The Morgan fingerprint density at radius 1 is 1.03 bits per heavy atom. The maximum atomic E-state index is 13.1. The second-order valence-electron chi connectivity index (χ2n) is 7.12. The smallest absolute Gasteiger partial charge is 0.261 e. The van der Waals surface area contributed by atoms with Gasteiger partial charge in [-0.25, -0.2) is 12.8 Å². The molecule has 6 nitrogen and oxygen atoms in total. The van der Waals surface area contributed by atoms with Gasteiger partial charge in [0.05, 0.1) is 15.6 Å². The van der Waals surface area contributed by atoms with Crippen molar-refractivity contribution >= 4 is 38.9 Å². The van der Waals surface area contributed by atoms with Crippen LogP contribution in [-0.4, -0.2) is 34.5 Å². The van der Waals surface area contributed by atoms with E-state index in [1.54, 1.807) is 0 Å². The molecule has 0 atom stereocenters. The van der Waals surface area contributed by atoms with E-state index in [4.69, 9.17) is 11.6 Å². The quantitative estimate of drug-likeness (QED) is 0.445. The molecule has 3 rings (SSSR count). The Hall–Kier alpha value is -3.10. The van der Waals surface area contributed by atoms with Crippen LogP contribution in [0.5, 0.6) is 0 Å². The van der Waals surface area contributed by atoms with E-state index in [9.17, 15) is 17.6 Å². The fourth-order valence-electron chi connectivity index (χ4n) is 2.99. The van der Waals surface area contributed by atoms with Gasteiger partial charge in [-0.05, 0) is 61.0 Å². The maximum absolute atomic E-state index is 13.1. The van der Waals surface area contributed by atoms with Crippen molar-refractivity contribution in [3.8, 4) is 0 Å². The van der Waals surface area contributed by atoms with Gasteiger partial charge in [0.15, 0.2) is 0 Å². The number of amides is 1. The first-order valence-corrected chi connectivity index (χ1v) is 11.7. The average Bonchev–Trinajstić information content (AvgIpc) is 2.78. The molecule has 3 aromatic carbocycles. The van der Waals surface area contributed by atoms with Crippen LogP contribution in [0.4, 0.5) is 15.8 Å². The van der Waals surface area contributed by atoms with Gasteiger partial charge in [-0.3, -0.25) is 9.52 Å². The second kappa shape index (κ2) is 10.5. The minimum absolute atomic E-state index is 0.0625. The number of nitrogens with zero attached hydrogens (tertiary/aromatic N) is 1. The van der Waals surface area contributed by atoms with Gasteiger partial charge in [-0.15, -0.1) is 0 Å². The Kier molecular flexibility index (Phi) is 7.71. The summed E-state index contributed by atoms with van der Waals surface area (Å²) in [4.78, 5) is 14.5. The molecule has 0 heterocycles. The van der Waals surface area contributed by atoms with Crippen molar-refractivity contribution in [3.05, 3.63) is 89.2 Å². The van der Waals surface area contributed by atoms with Gasteiger partial charge in [-0.2, -0.15) is 0 Å². The number of nitrogens with one attached hydrogen (secondary N) is 2. The predicted molar refractivity (Wildman–Crippen MR) is 125 cm³/mol. The molecule has 3 aromatic rings. The van der Waals surface area contributed by atoms with Gasteiger partial charge in [0.25, 0.3) is 15.9 Å². The zero-order valence-corrected chi connectivity index (χ0v) is 19.0. The molecule has 0 unspecified atom stereocenters.